The quantitative estimate of drug-likeness (QED) is 0.545. The highest BCUT2D eigenvalue weighted by atomic mass is 16.6. The molecule has 0 N–H and O–H groups in total. The topological polar surface area (TPSA) is 96.1 Å². The number of aryl methyl sites for hydroxylation is 3. The highest BCUT2D eigenvalue weighted by Crippen LogP contribution is 2.25. The van der Waals surface area contributed by atoms with Gasteiger partial charge in [-0.05, 0) is 30.7 Å². The molecule has 2 aromatic heterocycles. The van der Waals surface area contributed by atoms with Gasteiger partial charge in [-0.1, -0.05) is 17.3 Å². The Balaban J connectivity index is 2.04. The van der Waals surface area contributed by atoms with Crippen molar-refractivity contribution in [3.8, 4) is 0 Å². The van der Waals surface area contributed by atoms with Crippen molar-refractivity contribution in [3.05, 3.63) is 55.8 Å². The zero-order chi connectivity index (χ0) is 16.7. The van der Waals surface area contributed by atoms with Crippen molar-refractivity contribution < 1.29 is 9.45 Å². The predicted molar refractivity (Wildman–Crippen MR) is 85.0 cm³/mol. The van der Waals surface area contributed by atoms with Gasteiger partial charge in [0.1, 0.15) is 0 Å². The van der Waals surface area contributed by atoms with E-state index in [4.69, 9.17) is 4.52 Å². The first-order valence-electron chi connectivity index (χ1n) is 6.84. The van der Waals surface area contributed by atoms with Crippen molar-refractivity contribution in [2.75, 3.05) is 0 Å². The van der Waals surface area contributed by atoms with Gasteiger partial charge in [-0.3, -0.25) is 19.2 Å². The average molecular weight is 314 g/mol. The van der Waals surface area contributed by atoms with Gasteiger partial charge in [0.15, 0.2) is 5.69 Å². The van der Waals surface area contributed by atoms with Crippen molar-refractivity contribution in [2.45, 2.75) is 6.92 Å². The van der Waals surface area contributed by atoms with Crippen LogP contribution in [0.5, 0.6) is 0 Å². The summed E-state index contributed by atoms with van der Waals surface area (Å²) in [6.45, 7) is 1.52. The molecule has 0 amide bonds. The molecule has 0 aliphatic rings. The first-order valence-corrected chi connectivity index (χ1v) is 6.84. The van der Waals surface area contributed by atoms with Crippen LogP contribution in [0.15, 0.2) is 27.5 Å². The Kier molecular flexibility index (Phi) is 3.36. The second-order valence-electron chi connectivity index (χ2n) is 5.22. The van der Waals surface area contributed by atoms with Crippen LogP contribution in [0.3, 0.4) is 0 Å². The predicted octanol–water partition coefficient (Wildman–Crippen LogP) is 2.25. The van der Waals surface area contributed by atoms with Crippen LogP contribution in [0.4, 0.5) is 5.69 Å². The number of fused-ring (bicyclic) bond motifs is 1. The van der Waals surface area contributed by atoms with Gasteiger partial charge < -0.3 is 4.52 Å². The van der Waals surface area contributed by atoms with E-state index in [-0.39, 0.29) is 22.8 Å². The summed E-state index contributed by atoms with van der Waals surface area (Å²) in [6.07, 6.45) is 3.18. The molecule has 2 heterocycles. The number of nitro groups is 1. The Hall–Kier alpha value is -3.16. The molecule has 0 aliphatic heterocycles. The van der Waals surface area contributed by atoms with Crippen LogP contribution in [-0.2, 0) is 14.1 Å². The van der Waals surface area contributed by atoms with E-state index in [1.807, 2.05) is 18.2 Å². The van der Waals surface area contributed by atoms with Gasteiger partial charge >= 0.3 is 11.4 Å². The third-order valence-electron chi connectivity index (χ3n) is 3.76. The molecule has 1 aromatic carbocycles. The van der Waals surface area contributed by atoms with Gasteiger partial charge in [0, 0.05) is 14.1 Å². The summed E-state index contributed by atoms with van der Waals surface area (Å²) >= 11 is 0. The molecule has 8 nitrogen and oxygen atoms in total. The summed E-state index contributed by atoms with van der Waals surface area (Å²) in [5.74, 6) is 0.0922. The van der Waals surface area contributed by atoms with Gasteiger partial charge in [-0.25, -0.2) is 4.79 Å². The highest BCUT2D eigenvalue weighted by molar-refractivity contribution is 5.81. The summed E-state index contributed by atoms with van der Waals surface area (Å²) in [7, 11) is 3.41. The smallest absolute Gasteiger partial charge is 0.338 e. The lowest BCUT2D eigenvalue weighted by Crippen LogP contribution is -2.19. The molecule has 0 aliphatic carbocycles. The number of rotatable bonds is 3. The Morgan fingerprint density at radius 3 is 2.61 bits per heavy atom. The highest BCUT2D eigenvalue weighted by Gasteiger charge is 2.21. The fourth-order valence-corrected chi connectivity index (χ4v) is 2.51. The monoisotopic (exact) mass is 314 g/mol. The van der Waals surface area contributed by atoms with E-state index < -0.39 is 4.92 Å². The molecule has 0 fully saturated rings. The van der Waals surface area contributed by atoms with Gasteiger partial charge in [0.2, 0.25) is 5.76 Å². The molecule has 8 heteroatoms. The number of hydrogen-bond acceptors (Lipinski definition) is 5. The number of benzene rings is 1. The summed E-state index contributed by atoms with van der Waals surface area (Å²) in [5, 5.41) is 14.6. The van der Waals surface area contributed by atoms with E-state index in [0.717, 1.165) is 16.6 Å². The standard InChI is InChI=1S/C15H14N4O4/c1-9-14(19(21)22)13(23-16-9)7-5-10-4-6-11-12(8-10)18(3)15(20)17(11)2/h4-8H,1-3H3. The minimum absolute atomic E-state index is 0.0922. The molecule has 3 aromatic rings. The van der Waals surface area contributed by atoms with E-state index in [1.54, 1.807) is 29.3 Å². The maximum absolute atomic E-state index is 11.9. The fourth-order valence-electron chi connectivity index (χ4n) is 2.51. The van der Waals surface area contributed by atoms with E-state index in [9.17, 15) is 14.9 Å². The first kappa shape index (κ1) is 14.8. The third-order valence-corrected chi connectivity index (χ3v) is 3.76. The Labute approximate surface area is 130 Å². The molecule has 0 radical (unpaired) electrons. The molecule has 0 unspecified atom stereocenters. The second kappa shape index (κ2) is 5.24. The molecule has 23 heavy (non-hydrogen) atoms. The van der Waals surface area contributed by atoms with Gasteiger partial charge in [0.05, 0.1) is 16.0 Å². The summed E-state index contributed by atoms with van der Waals surface area (Å²) in [6, 6.07) is 5.49. The largest absolute Gasteiger partial charge is 0.349 e. The van der Waals surface area contributed by atoms with Gasteiger partial charge in [0.25, 0.3) is 0 Å². The summed E-state index contributed by atoms with van der Waals surface area (Å²) in [4.78, 5) is 22.4. The maximum Gasteiger partial charge on any atom is 0.338 e. The number of hydrogen-bond donors (Lipinski definition) is 0. The molecule has 0 saturated heterocycles. The second-order valence-corrected chi connectivity index (χ2v) is 5.22. The van der Waals surface area contributed by atoms with Crippen LogP contribution in [-0.4, -0.2) is 19.2 Å². The number of aromatic nitrogens is 3. The molecule has 0 saturated carbocycles. The van der Waals surface area contributed by atoms with Crippen molar-refractivity contribution >= 4 is 28.9 Å². The SMILES string of the molecule is Cc1noc(C=Cc2ccc3c(c2)n(C)c(=O)n3C)c1[N+](=O)[O-]. The first-order chi connectivity index (χ1) is 10.9. The van der Waals surface area contributed by atoms with Gasteiger partial charge in [-0.2, -0.15) is 0 Å². The lowest BCUT2D eigenvalue weighted by molar-refractivity contribution is -0.386. The summed E-state index contributed by atoms with van der Waals surface area (Å²) in [5.41, 5.74) is 2.37. The molecule has 0 bridgehead atoms. The van der Waals surface area contributed by atoms with Crippen molar-refractivity contribution in [2.24, 2.45) is 14.1 Å². The van der Waals surface area contributed by atoms with Crippen LogP contribution in [0.25, 0.3) is 23.2 Å². The van der Waals surface area contributed by atoms with E-state index in [0.29, 0.717) is 0 Å². The number of nitrogens with zero attached hydrogens (tertiary/aromatic N) is 4. The Morgan fingerprint density at radius 2 is 1.91 bits per heavy atom. The fraction of sp³-hybridized carbons (Fsp3) is 0.200. The maximum atomic E-state index is 11.9. The van der Waals surface area contributed by atoms with Crippen LogP contribution in [0.2, 0.25) is 0 Å². The Bertz CT molecular complexity index is 1010. The molecular formula is C15H14N4O4. The molecule has 118 valence electrons. The molecule has 3 rings (SSSR count). The van der Waals surface area contributed by atoms with Crippen molar-refractivity contribution in [1.29, 1.82) is 0 Å². The zero-order valence-corrected chi connectivity index (χ0v) is 12.8. The van der Waals surface area contributed by atoms with Crippen LogP contribution in [0, 0.1) is 17.0 Å². The van der Waals surface area contributed by atoms with E-state index in [2.05, 4.69) is 5.16 Å². The minimum atomic E-state index is -0.518. The summed E-state index contributed by atoms with van der Waals surface area (Å²) < 4.78 is 8.09. The lowest BCUT2D eigenvalue weighted by atomic mass is 10.1. The molecule has 0 spiro atoms. The third kappa shape index (κ3) is 2.33. The molecule has 0 atom stereocenters. The van der Waals surface area contributed by atoms with Crippen LogP contribution in [0.1, 0.15) is 17.0 Å². The zero-order valence-electron chi connectivity index (χ0n) is 12.8. The van der Waals surface area contributed by atoms with Gasteiger partial charge in [-0.15, -0.1) is 0 Å². The van der Waals surface area contributed by atoms with Crippen LogP contribution >= 0.6 is 0 Å². The van der Waals surface area contributed by atoms with E-state index in [1.165, 1.54) is 13.0 Å². The van der Waals surface area contributed by atoms with Crippen LogP contribution < -0.4 is 5.69 Å². The average Bonchev–Trinajstić information content (AvgIpc) is 2.99. The van der Waals surface area contributed by atoms with Crippen molar-refractivity contribution in [3.63, 3.8) is 0 Å². The van der Waals surface area contributed by atoms with Crippen molar-refractivity contribution in [1.82, 2.24) is 14.3 Å². The molecular weight excluding hydrogens is 300 g/mol. The normalized spacial score (nSPS) is 11.6. The lowest BCUT2D eigenvalue weighted by Gasteiger charge is -1.97. The number of imidazole rings is 1. The Morgan fingerprint density at radius 1 is 1.22 bits per heavy atom. The minimum Gasteiger partial charge on any atom is -0.349 e. The van der Waals surface area contributed by atoms with E-state index >= 15 is 0 Å².